The Balaban J connectivity index is 1.34. The zero-order valence-electron chi connectivity index (χ0n) is 17.5. The number of likely N-dealkylation sites (tertiary alicyclic amines) is 1. The Morgan fingerprint density at radius 2 is 1.87 bits per heavy atom. The molecule has 1 saturated heterocycles. The average molecular weight is 448 g/mol. The van der Waals surface area contributed by atoms with Gasteiger partial charge < -0.3 is 19.5 Å². The molecule has 2 fully saturated rings. The lowest BCUT2D eigenvalue weighted by Gasteiger charge is -2.21. The van der Waals surface area contributed by atoms with Crippen LogP contribution in [0, 0.1) is 17.8 Å². The van der Waals surface area contributed by atoms with Gasteiger partial charge in [0.15, 0.2) is 5.69 Å². The van der Waals surface area contributed by atoms with Crippen LogP contribution in [0.25, 0.3) is 0 Å². The first-order valence-corrected chi connectivity index (χ1v) is 10.9. The minimum absolute atomic E-state index is 0.0356. The molecule has 1 amide bonds. The van der Waals surface area contributed by atoms with Crippen LogP contribution in [0.5, 0.6) is 11.5 Å². The first-order chi connectivity index (χ1) is 14.8. The third kappa shape index (κ3) is 4.63. The maximum Gasteiger partial charge on any atom is 0.356 e. The number of halogens is 1. The number of amides is 1. The quantitative estimate of drug-likeness (QED) is 0.718. The highest BCUT2D eigenvalue weighted by Crippen LogP contribution is 2.42. The van der Waals surface area contributed by atoms with E-state index in [-0.39, 0.29) is 17.8 Å². The number of fused-ring (bicyclic) bond motifs is 1. The molecule has 2 aromatic rings. The van der Waals surface area contributed by atoms with Gasteiger partial charge >= 0.3 is 12.0 Å². The lowest BCUT2D eigenvalue weighted by molar-refractivity contribution is 0.0690. The number of nitrogens with zero attached hydrogens (tertiary/aromatic N) is 3. The Morgan fingerprint density at radius 1 is 1.19 bits per heavy atom. The van der Waals surface area contributed by atoms with Crippen molar-refractivity contribution >= 4 is 23.6 Å². The molecule has 31 heavy (non-hydrogen) atoms. The molecule has 1 aliphatic carbocycles. The predicted octanol–water partition coefficient (Wildman–Crippen LogP) is 4.03. The van der Waals surface area contributed by atoms with Gasteiger partial charge in [-0.3, -0.25) is 0 Å². The summed E-state index contributed by atoms with van der Waals surface area (Å²) in [4.78, 5) is 25.4. The molecule has 2 aliphatic rings. The van der Waals surface area contributed by atoms with Crippen LogP contribution in [-0.4, -0.2) is 57.6 Å². The van der Waals surface area contributed by atoms with E-state index < -0.39 is 5.97 Å². The number of aromatic carboxylic acids is 1. The lowest BCUT2D eigenvalue weighted by Crippen LogP contribution is -2.34. The van der Waals surface area contributed by atoms with Gasteiger partial charge in [-0.1, -0.05) is 31.5 Å². The van der Waals surface area contributed by atoms with Gasteiger partial charge in [-0.15, -0.1) is 0 Å². The highest BCUT2D eigenvalue weighted by atomic mass is 35.5. The van der Waals surface area contributed by atoms with Crippen molar-refractivity contribution in [2.75, 3.05) is 19.7 Å². The van der Waals surface area contributed by atoms with Gasteiger partial charge in [0.05, 0.1) is 12.7 Å². The van der Waals surface area contributed by atoms with Crippen LogP contribution in [0.4, 0.5) is 4.79 Å². The minimum atomic E-state index is -1.15. The fourth-order valence-electron chi connectivity index (χ4n) is 4.32. The monoisotopic (exact) mass is 447 g/mol. The Bertz CT molecular complexity index is 962. The number of rotatable bonds is 6. The molecule has 9 heteroatoms. The van der Waals surface area contributed by atoms with Gasteiger partial charge in [0.2, 0.25) is 0 Å². The smallest absolute Gasteiger partial charge is 0.356 e. The van der Waals surface area contributed by atoms with Crippen molar-refractivity contribution in [2.45, 2.75) is 32.8 Å². The molecule has 166 valence electrons. The van der Waals surface area contributed by atoms with E-state index in [2.05, 4.69) is 18.9 Å². The highest BCUT2D eigenvalue weighted by molar-refractivity contribution is 6.33. The Morgan fingerprint density at radius 3 is 2.48 bits per heavy atom. The third-order valence-electron chi connectivity index (χ3n) is 5.78. The summed E-state index contributed by atoms with van der Waals surface area (Å²) in [7, 11) is 0. The van der Waals surface area contributed by atoms with E-state index in [1.165, 1.54) is 12.3 Å². The second-order valence-corrected chi connectivity index (χ2v) is 9.02. The summed E-state index contributed by atoms with van der Waals surface area (Å²) in [6, 6.07) is 6.60. The van der Waals surface area contributed by atoms with Crippen LogP contribution in [0.1, 0.15) is 37.2 Å². The molecule has 0 bridgehead atoms. The fourth-order valence-corrected chi connectivity index (χ4v) is 4.54. The molecule has 1 saturated carbocycles. The molecule has 1 N–H and O–H groups in total. The molecule has 1 aliphatic heterocycles. The van der Waals surface area contributed by atoms with Gasteiger partial charge in [0.25, 0.3) is 0 Å². The summed E-state index contributed by atoms with van der Waals surface area (Å²) >= 11 is 6.49. The summed E-state index contributed by atoms with van der Waals surface area (Å²) < 4.78 is 13.1. The zero-order valence-corrected chi connectivity index (χ0v) is 18.3. The second kappa shape index (κ2) is 8.78. The Hall–Kier alpha value is -2.74. The van der Waals surface area contributed by atoms with Crippen LogP contribution in [0.3, 0.4) is 0 Å². The molecule has 8 nitrogen and oxygen atoms in total. The summed E-state index contributed by atoms with van der Waals surface area (Å²) in [5.41, 5.74) is -0.141. The molecule has 1 aromatic heterocycles. The van der Waals surface area contributed by atoms with Crippen molar-refractivity contribution in [3.8, 4) is 11.5 Å². The molecule has 0 unspecified atom stereocenters. The van der Waals surface area contributed by atoms with Gasteiger partial charge in [-0.05, 0) is 48.8 Å². The number of carbonyl (C=O) groups excluding carboxylic acids is 1. The maximum absolute atomic E-state index is 12.6. The predicted molar refractivity (Wildman–Crippen MR) is 114 cm³/mol. The number of aromatic nitrogens is 2. The van der Waals surface area contributed by atoms with E-state index in [4.69, 9.17) is 26.2 Å². The van der Waals surface area contributed by atoms with E-state index in [9.17, 15) is 9.59 Å². The molecular weight excluding hydrogens is 422 g/mol. The molecule has 2 heterocycles. The Labute approximate surface area is 185 Å². The number of carbonyl (C=O) groups is 2. The molecule has 1 aromatic carbocycles. The highest BCUT2D eigenvalue weighted by Gasteiger charge is 2.44. The number of benzene rings is 1. The summed E-state index contributed by atoms with van der Waals surface area (Å²) in [6.45, 7) is 5.96. The van der Waals surface area contributed by atoms with Crippen molar-refractivity contribution in [1.29, 1.82) is 0 Å². The van der Waals surface area contributed by atoms with Gasteiger partial charge in [0.1, 0.15) is 16.5 Å². The normalized spacial score (nSPS) is 22.6. The first-order valence-electron chi connectivity index (χ1n) is 10.5. The van der Waals surface area contributed by atoms with Crippen molar-refractivity contribution in [3.05, 3.63) is 41.2 Å². The van der Waals surface area contributed by atoms with Crippen molar-refractivity contribution < 1.29 is 24.2 Å². The number of ether oxygens (including phenoxy) is 2. The summed E-state index contributed by atoms with van der Waals surface area (Å²) in [5, 5.41) is 13.3. The van der Waals surface area contributed by atoms with Crippen LogP contribution in [0.2, 0.25) is 5.02 Å². The first kappa shape index (κ1) is 21.5. The average Bonchev–Trinajstić information content (AvgIpc) is 3.42. The summed E-state index contributed by atoms with van der Waals surface area (Å²) in [5.74, 6) is 1.17. The van der Waals surface area contributed by atoms with Crippen molar-refractivity contribution in [1.82, 2.24) is 14.7 Å². The SMILES string of the molecule is CC(C)COc1cccc(O[C@H]2C[C@@H]3CN(C(=O)n4ccc(C(=O)O)n4)C[C@@H]3C2)c1Cl. The molecule has 0 radical (unpaired) electrons. The molecule has 4 rings (SSSR count). The van der Waals surface area contributed by atoms with E-state index in [1.54, 1.807) is 4.90 Å². The minimum Gasteiger partial charge on any atom is -0.492 e. The summed E-state index contributed by atoms with van der Waals surface area (Å²) in [6.07, 6.45) is 3.10. The van der Waals surface area contributed by atoms with Gasteiger partial charge in [-0.25, -0.2) is 9.59 Å². The van der Waals surface area contributed by atoms with Crippen molar-refractivity contribution in [2.24, 2.45) is 17.8 Å². The van der Waals surface area contributed by atoms with E-state index in [0.29, 0.717) is 54.0 Å². The van der Waals surface area contributed by atoms with E-state index in [0.717, 1.165) is 17.5 Å². The fraction of sp³-hybridized carbons (Fsp3) is 0.500. The van der Waals surface area contributed by atoms with E-state index in [1.807, 2.05) is 18.2 Å². The zero-order chi connectivity index (χ0) is 22.1. The molecular formula is C22H26ClN3O5. The number of carboxylic acid groups (broad SMARTS) is 1. The maximum atomic E-state index is 12.6. The van der Waals surface area contributed by atoms with Crippen LogP contribution in [-0.2, 0) is 0 Å². The third-order valence-corrected chi connectivity index (χ3v) is 6.15. The lowest BCUT2D eigenvalue weighted by atomic mass is 10.0. The topological polar surface area (TPSA) is 93.9 Å². The van der Waals surface area contributed by atoms with Crippen LogP contribution >= 0.6 is 11.6 Å². The molecule has 0 spiro atoms. The second-order valence-electron chi connectivity index (χ2n) is 8.64. The molecule has 3 atom stereocenters. The van der Waals surface area contributed by atoms with Crippen molar-refractivity contribution in [3.63, 3.8) is 0 Å². The van der Waals surface area contributed by atoms with E-state index >= 15 is 0 Å². The van der Waals surface area contributed by atoms with Crippen LogP contribution in [0.15, 0.2) is 30.5 Å². The Kier molecular flexibility index (Phi) is 6.09. The largest absolute Gasteiger partial charge is 0.492 e. The number of hydrogen-bond donors (Lipinski definition) is 1. The van der Waals surface area contributed by atoms with Crippen LogP contribution < -0.4 is 9.47 Å². The van der Waals surface area contributed by atoms with Gasteiger partial charge in [0, 0.05) is 19.3 Å². The number of carboxylic acids is 1. The van der Waals surface area contributed by atoms with Gasteiger partial charge in [-0.2, -0.15) is 9.78 Å². The number of hydrogen-bond acceptors (Lipinski definition) is 5. The standard InChI is InChI=1S/C22H26ClN3O5/c1-13(2)12-30-18-4-3-5-19(20(18)23)31-16-8-14-10-25(11-15(14)9-16)22(29)26-7-6-17(24-26)21(27)28/h3-7,13-16H,8-12H2,1-2H3,(H,27,28)/t14-,15+,16+.